The Morgan fingerprint density at radius 1 is 1.29 bits per heavy atom. The molecular formula is C18H24N4O4S2. The lowest BCUT2D eigenvalue weighted by Gasteiger charge is -2.20. The molecule has 1 aromatic rings. The second-order valence-electron chi connectivity index (χ2n) is 7.19. The van der Waals surface area contributed by atoms with Crippen molar-refractivity contribution >= 4 is 38.0 Å². The number of amides is 2. The third-order valence-corrected chi connectivity index (χ3v) is 8.04. The first-order valence-electron chi connectivity index (χ1n) is 9.38. The van der Waals surface area contributed by atoms with E-state index in [1.54, 1.807) is 4.90 Å². The largest absolute Gasteiger partial charge is 0.351 e. The fraction of sp³-hybridized carbons (Fsp3) is 0.611. The quantitative estimate of drug-likeness (QED) is 0.664. The van der Waals surface area contributed by atoms with E-state index in [0.717, 1.165) is 24.8 Å². The first-order chi connectivity index (χ1) is 13.3. The maximum atomic E-state index is 12.4. The van der Waals surface area contributed by atoms with Gasteiger partial charge < -0.3 is 10.6 Å². The van der Waals surface area contributed by atoms with E-state index in [1.807, 2.05) is 6.92 Å². The first-order valence-corrected chi connectivity index (χ1v) is 12.0. The Kier molecular flexibility index (Phi) is 6.37. The predicted octanol–water partition coefficient (Wildman–Crippen LogP) is 0.672. The summed E-state index contributed by atoms with van der Waals surface area (Å²) in [7, 11) is -3.05. The van der Waals surface area contributed by atoms with E-state index in [2.05, 4.69) is 16.7 Å². The molecule has 2 heterocycles. The van der Waals surface area contributed by atoms with Gasteiger partial charge in [-0.15, -0.1) is 11.3 Å². The molecule has 8 nitrogen and oxygen atoms in total. The zero-order valence-corrected chi connectivity index (χ0v) is 17.4. The molecule has 10 heteroatoms. The lowest BCUT2D eigenvalue weighted by Crippen LogP contribution is -2.44. The highest BCUT2D eigenvalue weighted by Gasteiger charge is 2.29. The lowest BCUT2D eigenvalue weighted by atomic mass is 10.1. The van der Waals surface area contributed by atoms with E-state index in [4.69, 9.17) is 0 Å². The average Bonchev–Trinajstić information content (AvgIpc) is 3.28. The summed E-state index contributed by atoms with van der Waals surface area (Å²) in [5.41, 5.74) is 1.62. The van der Waals surface area contributed by atoms with Crippen molar-refractivity contribution in [3.63, 3.8) is 0 Å². The molecule has 1 fully saturated rings. The van der Waals surface area contributed by atoms with Gasteiger partial charge in [-0.05, 0) is 37.8 Å². The van der Waals surface area contributed by atoms with Gasteiger partial charge >= 0.3 is 0 Å². The minimum atomic E-state index is -3.05. The van der Waals surface area contributed by atoms with Gasteiger partial charge in [-0.25, -0.2) is 8.42 Å². The van der Waals surface area contributed by atoms with Crippen molar-refractivity contribution in [2.75, 3.05) is 36.5 Å². The van der Waals surface area contributed by atoms with Gasteiger partial charge in [0.2, 0.25) is 11.8 Å². The third-order valence-electron chi connectivity index (χ3n) is 5.07. The van der Waals surface area contributed by atoms with Gasteiger partial charge in [0, 0.05) is 10.9 Å². The Labute approximate surface area is 168 Å². The highest BCUT2D eigenvalue weighted by molar-refractivity contribution is 7.91. The van der Waals surface area contributed by atoms with Crippen LogP contribution in [0.15, 0.2) is 0 Å². The molecule has 152 valence electrons. The summed E-state index contributed by atoms with van der Waals surface area (Å²) in [5.74, 6) is -0.478. The molecule has 1 aromatic heterocycles. The number of hydrogen-bond acceptors (Lipinski definition) is 7. The van der Waals surface area contributed by atoms with Crippen molar-refractivity contribution in [2.24, 2.45) is 0 Å². The molecule has 3 rings (SSSR count). The molecule has 1 saturated heterocycles. The third kappa shape index (κ3) is 4.90. The van der Waals surface area contributed by atoms with E-state index in [1.165, 1.54) is 16.2 Å². The molecule has 0 radical (unpaired) electrons. The zero-order chi connectivity index (χ0) is 20.3. The highest BCUT2D eigenvalue weighted by atomic mass is 32.2. The van der Waals surface area contributed by atoms with E-state index in [-0.39, 0.29) is 42.5 Å². The summed E-state index contributed by atoms with van der Waals surface area (Å²) in [5, 5.41) is 15.5. The Morgan fingerprint density at radius 3 is 2.68 bits per heavy atom. The molecule has 0 bridgehead atoms. The van der Waals surface area contributed by atoms with Gasteiger partial charge in [0.15, 0.2) is 9.84 Å². The standard InChI is InChI=1S/C18H24N4O4S2/c1-2-22(9-16(23)20-12-6-7-28(25,26)11-12)10-17(24)21-18-14(8-19)13-4-3-5-15(13)27-18/h12H,2-7,9-11H2,1H3,(H,20,23)(H,21,24). The summed E-state index contributed by atoms with van der Waals surface area (Å²) in [6, 6.07) is 1.85. The molecule has 1 unspecified atom stereocenters. The number of nitriles is 1. The van der Waals surface area contributed by atoms with E-state index >= 15 is 0 Å². The normalized spacial score (nSPS) is 20.0. The Hall–Kier alpha value is -1.96. The van der Waals surface area contributed by atoms with Gasteiger partial charge in [0.1, 0.15) is 11.1 Å². The maximum absolute atomic E-state index is 12.4. The molecule has 1 atom stereocenters. The van der Waals surface area contributed by atoms with Crippen molar-refractivity contribution in [1.82, 2.24) is 10.2 Å². The van der Waals surface area contributed by atoms with Crippen LogP contribution in [0, 0.1) is 11.3 Å². The fourth-order valence-electron chi connectivity index (χ4n) is 3.64. The molecule has 2 N–H and O–H groups in total. The van der Waals surface area contributed by atoms with Crippen molar-refractivity contribution in [3.05, 3.63) is 16.0 Å². The van der Waals surface area contributed by atoms with Crippen LogP contribution in [0.2, 0.25) is 0 Å². The number of rotatable bonds is 7. The zero-order valence-electron chi connectivity index (χ0n) is 15.8. The van der Waals surface area contributed by atoms with Crippen LogP contribution in [0.1, 0.15) is 35.8 Å². The SMILES string of the molecule is CCN(CC(=O)Nc1sc2c(c1C#N)CCC2)CC(=O)NC1CCS(=O)(=O)C1. The number of hydrogen-bond donors (Lipinski definition) is 2. The van der Waals surface area contributed by atoms with Gasteiger partial charge in [-0.2, -0.15) is 5.26 Å². The van der Waals surface area contributed by atoms with Crippen LogP contribution in [0.25, 0.3) is 0 Å². The predicted molar refractivity (Wildman–Crippen MR) is 107 cm³/mol. The number of fused-ring (bicyclic) bond motifs is 1. The summed E-state index contributed by atoms with van der Waals surface area (Å²) in [6.45, 7) is 2.39. The van der Waals surface area contributed by atoms with Crippen LogP contribution in [0.4, 0.5) is 5.00 Å². The lowest BCUT2D eigenvalue weighted by molar-refractivity contribution is -0.123. The highest BCUT2D eigenvalue weighted by Crippen LogP contribution is 2.38. The second-order valence-corrected chi connectivity index (χ2v) is 10.5. The molecule has 28 heavy (non-hydrogen) atoms. The number of carbonyl (C=O) groups is 2. The van der Waals surface area contributed by atoms with E-state index in [9.17, 15) is 23.3 Å². The molecule has 0 aromatic carbocycles. The number of anilines is 1. The van der Waals surface area contributed by atoms with Gasteiger partial charge in [-0.1, -0.05) is 6.92 Å². The first kappa shape index (κ1) is 20.8. The van der Waals surface area contributed by atoms with Crippen molar-refractivity contribution < 1.29 is 18.0 Å². The van der Waals surface area contributed by atoms with E-state index < -0.39 is 9.84 Å². The number of nitrogens with one attached hydrogen (secondary N) is 2. The summed E-state index contributed by atoms with van der Waals surface area (Å²) in [6.07, 6.45) is 3.30. The van der Waals surface area contributed by atoms with Crippen molar-refractivity contribution in [3.8, 4) is 6.07 Å². The Balaban J connectivity index is 1.52. The maximum Gasteiger partial charge on any atom is 0.239 e. The molecular weight excluding hydrogens is 400 g/mol. The summed E-state index contributed by atoms with van der Waals surface area (Å²) < 4.78 is 23.0. The van der Waals surface area contributed by atoms with Crippen molar-refractivity contribution in [2.45, 2.75) is 38.6 Å². The van der Waals surface area contributed by atoms with Gasteiger partial charge in [0.05, 0.1) is 30.2 Å². The molecule has 1 aliphatic heterocycles. The van der Waals surface area contributed by atoms with Crippen LogP contribution in [-0.2, 0) is 32.3 Å². The van der Waals surface area contributed by atoms with Crippen LogP contribution < -0.4 is 10.6 Å². The topological polar surface area (TPSA) is 119 Å². The minimum absolute atomic E-state index is 0.0204. The monoisotopic (exact) mass is 424 g/mol. The summed E-state index contributed by atoms with van der Waals surface area (Å²) in [4.78, 5) is 27.5. The summed E-state index contributed by atoms with van der Waals surface area (Å²) >= 11 is 1.46. The van der Waals surface area contributed by atoms with Gasteiger partial charge in [0.25, 0.3) is 0 Å². The molecule has 0 saturated carbocycles. The number of carbonyl (C=O) groups excluding carboxylic acids is 2. The number of likely N-dealkylation sites (N-methyl/N-ethyl adjacent to an activating group) is 1. The molecule has 2 aliphatic rings. The van der Waals surface area contributed by atoms with Crippen LogP contribution in [0.3, 0.4) is 0 Å². The number of nitrogens with zero attached hydrogens (tertiary/aromatic N) is 2. The van der Waals surface area contributed by atoms with Crippen LogP contribution in [-0.4, -0.2) is 62.3 Å². The Morgan fingerprint density at radius 2 is 2.04 bits per heavy atom. The second kappa shape index (κ2) is 8.59. The number of sulfone groups is 1. The number of aryl methyl sites for hydroxylation is 1. The fourth-order valence-corrected chi connectivity index (χ4v) is 6.57. The molecule has 1 aliphatic carbocycles. The van der Waals surface area contributed by atoms with Crippen molar-refractivity contribution in [1.29, 1.82) is 5.26 Å². The van der Waals surface area contributed by atoms with E-state index in [0.29, 0.717) is 23.5 Å². The van der Waals surface area contributed by atoms with Crippen LogP contribution in [0.5, 0.6) is 0 Å². The smallest absolute Gasteiger partial charge is 0.239 e. The number of thiophene rings is 1. The molecule has 2 amide bonds. The Bertz CT molecular complexity index is 917. The van der Waals surface area contributed by atoms with Gasteiger partial charge in [-0.3, -0.25) is 14.5 Å². The minimum Gasteiger partial charge on any atom is -0.351 e. The average molecular weight is 425 g/mol. The molecule has 0 spiro atoms. The van der Waals surface area contributed by atoms with Crippen LogP contribution >= 0.6 is 11.3 Å².